The van der Waals surface area contributed by atoms with E-state index in [0.29, 0.717) is 17.1 Å². The van der Waals surface area contributed by atoms with Crippen molar-refractivity contribution in [3.05, 3.63) is 46.5 Å². The van der Waals surface area contributed by atoms with Crippen molar-refractivity contribution in [1.29, 1.82) is 0 Å². The molecular weight excluding hydrogens is 260 g/mol. The Bertz CT molecular complexity index is 656. The summed E-state index contributed by atoms with van der Waals surface area (Å²) >= 11 is 0. The third kappa shape index (κ3) is 2.49. The molecule has 6 nitrogen and oxygen atoms in total. The molecule has 0 aliphatic carbocycles. The lowest BCUT2D eigenvalue weighted by Crippen LogP contribution is -1.96. The van der Waals surface area contributed by atoms with Gasteiger partial charge in [-0.3, -0.25) is 10.1 Å². The van der Waals surface area contributed by atoms with Crippen LogP contribution in [0.5, 0.6) is 11.5 Å². The fourth-order valence-electron chi connectivity index (χ4n) is 1.91. The van der Waals surface area contributed by atoms with Crippen molar-refractivity contribution in [3.63, 3.8) is 0 Å². The lowest BCUT2D eigenvalue weighted by atomic mass is 10.0. The zero-order valence-electron chi connectivity index (χ0n) is 11.1. The van der Waals surface area contributed by atoms with E-state index >= 15 is 0 Å². The van der Waals surface area contributed by atoms with Crippen LogP contribution in [0, 0.1) is 10.1 Å². The first-order valence-corrected chi connectivity index (χ1v) is 5.83. The number of nitrogens with zero attached hydrogens (tertiary/aromatic N) is 1. The summed E-state index contributed by atoms with van der Waals surface area (Å²) in [5, 5.41) is 10.9. The van der Waals surface area contributed by atoms with E-state index in [2.05, 4.69) is 0 Å². The van der Waals surface area contributed by atoms with E-state index in [1.807, 2.05) is 0 Å². The number of benzene rings is 2. The molecule has 0 bridgehead atoms. The van der Waals surface area contributed by atoms with Gasteiger partial charge < -0.3 is 15.2 Å². The summed E-state index contributed by atoms with van der Waals surface area (Å²) < 4.78 is 10.4. The van der Waals surface area contributed by atoms with Crippen LogP contribution >= 0.6 is 0 Å². The highest BCUT2D eigenvalue weighted by atomic mass is 16.6. The highest BCUT2D eigenvalue weighted by Crippen LogP contribution is 2.36. The summed E-state index contributed by atoms with van der Waals surface area (Å²) in [6, 6.07) is 9.92. The Kier molecular flexibility index (Phi) is 3.74. The lowest BCUT2D eigenvalue weighted by molar-refractivity contribution is -0.383. The maximum absolute atomic E-state index is 10.9. The Hall–Kier alpha value is -2.76. The standard InChI is InChI=1S/C14H14N2O4/c1-19-10-4-5-11(14(8-10)20-2)9-3-6-12(15)13(7-9)16(17)18/h3-8H,15H2,1-2H3. The second-order valence-electron chi connectivity index (χ2n) is 4.10. The Morgan fingerprint density at radius 1 is 1.10 bits per heavy atom. The van der Waals surface area contributed by atoms with Crippen LogP contribution in [0.25, 0.3) is 11.1 Å². The fourth-order valence-corrected chi connectivity index (χ4v) is 1.91. The molecule has 0 amide bonds. The van der Waals surface area contributed by atoms with Crippen LogP contribution in [-0.4, -0.2) is 19.1 Å². The molecule has 0 atom stereocenters. The Morgan fingerprint density at radius 2 is 1.85 bits per heavy atom. The number of hydrogen-bond acceptors (Lipinski definition) is 5. The molecule has 0 aromatic heterocycles. The van der Waals surface area contributed by atoms with Crippen LogP contribution in [0.1, 0.15) is 0 Å². The molecular formula is C14H14N2O4. The smallest absolute Gasteiger partial charge is 0.292 e. The van der Waals surface area contributed by atoms with Crippen molar-refractivity contribution in [3.8, 4) is 22.6 Å². The molecule has 6 heteroatoms. The van der Waals surface area contributed by atoms with Gasteiger partial charge in [0.25, 0.3) is 5.69 Å². The lowest BCUT2D eigenvalue weighted by Gasteiger charge is -2.11. The first kappa shape index (κ1) is 13.7. The molecule has 0 radical (unpaired) electrons. The maximum atomic E-state index is 10.9. The first-order chi connectivity index (χ1) is 9.56. The average molecular weight is 274 g/mol. The molecule has 2 aromatic carbocycles. The van der Waals surface area contributed by atoms with Crippen LogP contribution in [-0.2, 0) is 0 Å². The van der Waals surface area contributed by atoms with Gasteiger partial charge in [-0.1, -0.05) is 6.07 Å². The zero-order chi connectivity index (χ0) is 14.7. The van der Waals surface area contributed by atoms with Gasteiger partial charge in [0.2, 0.25) is 0 Å². The highest BCUT2D eigenvalue weighted by Gasteiger charge is 2.15. The van der Waals surface area contributed by atoms with Gasteiger partial charge in [-0.25, -0.2) is 0 Å². The van der Waals surface area contributed by atoms with E-state index in [1.165, 1.54) is 19.2 Å². The number of ether oxygens (including phenoxy) is 2. The fraction of sp³-hybridized carbons (Fsp3) is 0.143. The molecule has 104 valence electrons. The topological polar surface area (TPSA) is 87.6 Å². The predicted molar refractivity (Wildman–Crippen MR) is 76.0 cm³/mol. The van der Waals surface area contributed by atoms with E-state index in [1.54, 1.807) is 31.4 Å². The van der Waals surface area contributed by atoms with Crippen molar-refractivity contribution in [1.82, 2.24) is 0 Å². The van der Waals surface area contributed by atoms with E-state index in [9.17, 15) is 10.1 Å². The van der Waals surface area contributed by atoms with Crippen molar-refractivity contribution < 1.29 is 14.4 Å². The third-order valence-electron chi connectivity index (χ3n) is 2.95. The molecule has 0 saturated heterocycles. The Balaban J connectivity index is 2.56. The molecule has 0 saturated carbocycles. The maximum Gasteiger partial charge on any atom is 0.292 e. The quantitative estimate of drug-likeness (QED) is 0.526. The minimum absolute atomic E-state index is 0.125. The molecule has 0 unspecified atom stereocenters. The number of anilines is 1. The number of nitro groups is 1. The van der Waals surface area contributed by atoms with Crippen LogP contribution in [0.15, 0.2) is 36.4 Å². The van der Waals surface area contributed by atoms with Crippen molar-refractivity contribution in [2.75, 3.05) is 20.0 Å². The van der Waals surface area contributed by atoms with Gasteiger partial charge >= 0.3 is 0 Å². The van der Waals surface area contributed by atoms with Crippen molar-refractivity contribution >= 4 is 11.4 Å². The molecule has 20 heavy (non-hydrogen) atoms. The second-order valence-corrected chi connectivity index (χ2v) is 4.10. The number of rotatable bonds is 4. The van der Waals surface area contributed by atoms with Gasteiger partial charge in [0, 0.05) is 17.7 Å². The summed E-state index contributed by atoms with van der Waals surface area (Å²) in [5.74, 6) is 1.22. The molecule has 0 spiro atoms. The molecule has 2 rings (SSSR count). The molecule has 2 N–H and O–H groups in total. The van der Waals surface area contributed by atoms with E-state index in [-0.39, 0.29) is 11.4 Å². The minimum atomic E-state index is -0.505. The van der Waals surface area contributed by atoms with Gasteiger partial charge in [-0.15, -0.1) is 0 Å². The monoisotopic (exact) mass is 274 g/mol. The second kappa shape index (κ2) is 5.48. The number of methoxy groups -OCH3 is 2. The number of nitro benzene ring substituents is 1. The summed E-state index contributed by atoms with van der Waals surface area (Å²) in [6.45, 7) is 0. The number of nitrogens with two attached hydrogens (primary N) is 1. The first-order valence-electron chi connectivity index (χ1n) is 5.83. The molecule has 0 fully saturated rings. The highest BCUT2D eigenvalue weighted by molar-refractivity contribution is 5.76. The average Bonchev–Trinajstić information content (AvgIpc) is 2.46. The van der Waals surface area contributed by atoms with Gasteiger partial charge in [-0.2, -0.15) is 0 Å². The van der Waals surface area contributed by atoms with Crippen molar-refractivity contribution in [2.24, 2.45) is 0 Å². The molecule has 0 heterocycles. The molecule has 0 aliphatic rings. The van der Waals surface area contributed by atoms with Crippen LogP contribution in [0.3, 0.4) is 0 Å². The third-order valence-corrected chi connectivity index (χ3v) is 2.95. The largest absolute Gasteiger partial charge is 0.497 e. The summed E-state index contributed by atoms with van der Waals surface area (Å²) in [4.78, 5) is 10.4. The van der Waals surface area contributed by atoms with Crippen LogP contribution in [0.4, 0.5) is 11.4 Å². The predicted octanol–water partition coefficient (Wildman–Crippen LogP) is 2.86. The SMILES string of the molecule is COc1ccc(-c2ccc(N)c([N+](=O)[O-])c2)c(OC)c1. The van der Waals surface area contributed by atoms with Gasteiger partial charge in [0.1, 0.15) is 17.2 Å². The normalized spacial score (nSPS) is 10.1. The Morgan fingerprint density at radius 3 is 2.45 bits per heavy atom. The van der Waals surface area contributed by atoms with E-state index in [0.717, 1.165) is 5.56 Å². The summed E-state index contributed by atoms with van der Waals surface area (Å²) in [5.41, 5.74) is 6.99. The van der Waals surface area contributed by atoms with Crippen LogP contribution in [0.2, 0.25) is 0 Å². The minimum Gasteiger partial charge on any atom is -0.497 e. The van der Waals surface area contributed by atoms with Gasteiger partial charge in [-0.05, 0) is 23.8 Å². The molecule has 0 aliphatic heterocycles. The number of nitrogen functional groups attached to an aromatic ring is 1. The Labute approximate surface area is 115 Å². The van der Waals surface area contributed by atoms with Crippen molar-refractivity contribution in [2.45, 2.75) is 0 Å². The van der Waals surface area contributed by atoms with Gasteiger partial charge in [0.15, 0.2) is 0 Å². The molecule has 2 aromatic rings. The summed E-state index contributed by atoms with van der Waals surface area (Å²) in [7, 11) is 3.09. The zero-order valence-corrected chi connectivity index (χ0v) is 11.1. The summed E-state index contributed by atoms with van der Waals surface area (Å²) in [6.07, 6.45) is 0. The van der Waals surface area contributed by atoms with E-state index in [4.69, 9.17) is 15.2 Å². The van der Waals surface area contributed by atoms with E-state index < -0.39 is 4.92 Å². The van der Waals surface area contributed by atoms with Crippen LogP contribution < -0.4 is 15.2 Å². The number of hydrogen-bond donors (Lipinski definition) is 1. The van der Waals surface area contributed by atoms with Gasteiger partial charge in [0.05, 0.1) is 19.1 Å².